The van der Waals surface area contributed by atoms with Crippen LogP contribution in [0.1, 0.15) is 44.5 Å². The Kier molecular flexibility index (Phi) is 5.71. The minimum absolute atomic E-state index is 0.00655. The summed E-state index contributed by atoms with van der Waals surface area (Å²) in [4.78, 5) is 4.36. The highest BCUT2D eigenvalue weighted by Gasteiger charge is 2.21. The molecule has 0 fully saturated rings. The monoisotopic (exact) mass is 238 g/mol. The lowest BCUT2D eigenvalue weighted by molar-refractivity contribution is 0.394. The first-order valence-corrected chi connectivity index (χ1v) is 6.80. The van der Waals surface area contributed by atoms with Crippen LogP contribution in [0.3, 0.4) is 0 Å². The van der Waals surface area contributed by atoms with Gasteiger partial charge in [0.25, 0.3) is 0 Å². The van der Waals surface area contributed by atoms with Crippen LogP contribution in [0.4, 0.5) is 0 Å². The molecule has 0 unspecified atom stereocenters. The molecule has 0 radical (unpaired) electrons. The molecule has 1 aromatic heterocycles. The minimum atomic E-state index is 0.00655. The number of aromatic nitrogens is 1. The van der Waals surface area contributed by atoms with E-state index in [-0.39, 0.29) is 5.54 Å². The number of allylic oxidation sites excluding steroid dienone is 1. The number of unbranched alkanes of at least 4 members (excludes halogenated alkanes) is 3. The van der Waals surface area contributed by atoms with E-state index in [0.29, 0.717) is 0 Å². The number of nitrogens with zero attached hydrogens (tertiary/aromatic N) is 1. The molecular weight excluding hydrogens is 216 g/mol. The molecule has 0 amide bonds. The zero-order valence-electron chi connectivity index (χ0n) is 10.3. The lowest BCUT2D eigenvalue weighted by Crippen LogP contribution is -2.37. The van der Waals surface area contributed by atoms with Crippen molar-refractivity contribution in [1.29, 1.82) is 0 Å². The Morgan fingerprint density at radius 1 is 1.44 bits per heavy atom. The van der Waals surface area contributed by atoms with Crippen molar-refractivity contribution in [2.75, 3.05) is 6.54 Å². The van der Waals surface area contributed by atoms with Crippen molar-refractivity contribution in [2.24, 2.45) is 0 Å². The molecular formula is C13H22N2S. The van der Waals surface area contributed by atoms with Crippen molar-refractivity contribution in [3.05, 3.63) is 29.2 Å². The fourth-order valence-electron chi connectivity index (χ4n) is 1.60. The van der Waals surface area contributed by atoms with E-state index in [9.17, 15) is 0 Å². The summed E-state index contributed by atoms with van der Waals surface area (Å²) in [5.41, 5.74) is 0.00655. The zero-order chi connectivity index (χ0) is 11.9. The maximum absolute atomic E-state index is 4.36. The highest BCUT2D eigenvalue weighted by molar-refractivity contribution is 7.09. The van der Waals surface area contributed by atoms with E-state index in [4.69, 9.17) is 0 Å². The van der Waals surface area contributed by atoms with Gasteiger partial charge in [-0.15, -0.1) is 17.9 Å². The summed E-state index contributed by atoms with van der Waals surface area (Å²) in [6, 6.07) is 0. The SMILES string of the molecule is C=CCCCCCNC(C)(C)c1nccs1. The fraction of sp³-hybridized carbons (Fsp3) is 0.615. The molecule has 2 nitrogen and oxygen atoms in total. The van der Waals surface area contributed by atoms with Gasteiger partial charge in [-0.05, 0) is 39.7 Å². The number of hydrogen-bond donors (Lipinski definition) is 1. The summed E-state index contributed by atoms with van der Waals surface area (Å²) in [7, 11) is 0. The Bertz CT molecular complexity index is 291. The number of nitrogens with one attached hydrogen (secondary N) is 1. The summed E-state index contributed by atoms with van der Waals surface area (Å²) in [5, 5.41) is 6.76. The average molecular weight is 238 g/mol. The Morgan fingerprint density at radius 2 is 2.25 bits per heavy atom. The lowest BCUT2D eigenvalue weighted by atomic mass is 10.1. The molecule has 0 aliphatic rings. The third-order valence-corrected chi connectivity index (χ3v) is 3.72. The molecule has 1 heterocycles. The largest absolute Gasteiger partial charge is 0.306 e. The van der Waals surface area contributed by atoms with Crippen molar-refractivity contribution in [3.63, 3.8) is 0 Å². The molecule has 1 rings (SSSR count). The fourth-order valence-corrected chi connectivity index (χ4v) is 2.34. The molecule has 0 aliphatic heterocycles. The van der Waals surface area contributed by atoms with Crippen LogP contribution < -0.4 is 5.32 Å². The molecule has 90 valence electrons. The van der Waals surface area contributed by atoms with Gasteiger partial charge in [-0.25, -0.2) is 4.98 Å². The second kappa shape index (κ2) is 6.81. The second-order valence-corrected chi connectivity index (χ2v) is 5.42. The van der Waals surface area contributed by atoms with Gasteiger partial charge in [0.1, 0.15) is 5.01 Å². The van der Waals surface area contributed by atoms with Gasteiger partial charge < -0.3 is 5.32 Å². The summed E-state index contributed by atoms with van der Waals surface area (Å²) < 4.78 is 0. The lowest BCUT2D eigenvalue weighted by Gasteiger charge is -2.23. The Hall–Kier alpha value is -0.670. The van der Waals surface area contributed by atoms with Crippen molar-refractivity contribution >= 4 is 11.3 Å². The predicted molar refractivity (Wildman–Crippen MR) is 71.8 cm³/mol. The van der Waals surface area contributed by atoms with E-state index in [2.05, 4.69) is 30.7 Å². The van der Waals surface area contributed by atoms with Crippen LogP contribution in [0.25, 0.3) is 0 Å². The molecule has 16 heavy (non-hydrogen) atoms. The van der Waals surface area contributed by atoms with Gasteiger partial charge in [0, 0.05) is 11.6 Å². The molecule has 0 aromatic carbocycles. The summed E-state index contributed by atoms with van der Waals surface area (Å²) in [6.07, 6.45) is 8.74. The van der Waals surface area contributed by atoms with Crippen LogP contribution in [0.5, 0.6) is 0 Å². The normalized spacial score (nSPS) is 11.6. The van der Waals surface area contributed by atoms with Crippen LogP contribution in [0.15, 0.2) is 24.2 Å². The molecule has 0 atom stereocenters. The Balaban J connectivity index is 2.19. The van der Waals surface area contributed by atoms with E-state index in [0.717, 1.165) is 13.0 Å². The van der Waals surface area contributed by atoms with E-state index in [1.165, 1.54) is 24.3 Å². The standard InChI is InChI=1S/C13H22N2S/c1-4-5-6-7-8-9-15-13(2,3)12-14-10-11-16-12/h4,10-11,15H,1,5-9H2,2-3H3. The van der Waals surface area contributed by atoms with Gasteiger partial charge in [-0.3, -0.25) is 0 Å². The molecule has 3 heteroatoms. The maximum Gasteiger partial charge on any atom is 0.112 e. The molecule has 1 N–H and O–H groups in total. The molecule has 0 bridgehead atoms. The summed E-state index contributed by atoms with van der Waals surface area (Å²) in [6.45, 7) is 9.17. The first kappa shape index (κ1) is 13.4. The predicted octanol–water partition coefficient (Wildman–Crippen LogP) is 3.71. The topological polar surface area (TPSA) is 24.9 Å². The van der Waals surface area contributed by atoms with Crippen LogP contribution in [-0.4, -0.2) is 11.5 Å². The molecule has 0 saturated carbocycles. The number of thiazole rings is 1. The third-order valence-electron chi connectivity index (χ3n) is 2.62. The van der Waals surface area contributed by atoms with E-state index in [1.54, 1.807) is 11.3 Å². The maximum atomic E-state index is 4.36. The van der Waals surface area contributed by atoms with Crippen molar-refractivity contribution in [1.82, 2.24) is 10.3 Å². The van der Waals surface area contributed by atoms with Gasteiger partial charge >= 0.3 is 0 Å². The number of rotatable bonds is 8. The highest BCUT2D eigenvalue weighted by atomic mass is 32.1. The summed E-state index contributed by atoms with van der Waals surface area (Å²) >= 11 is 1.71. The quantitative estimate of drug-likeness (QED) is 0.551. The minimum Gasteiger partial charge on any atom is -0.306 e. The third kappa shape index (κ3) is 4.45. The van der Waals surface area contributed by atoms with Crippen LogP contribution >= 0.6 is 11.3 Å². The summed E-state index contributed by atoms with van der Waals surface area (Å²) in [5.74, 6) is 0. The van der Waals surface area contributed by atoms with Gasteiger partial charge in [-0.1, -0.05) is 12.5 Å². The van der Waals surface area contributed by atoms with Crippen LogP contribution in [0.2, 0.25) is 0 Å². The van der Waals surface area contributed by atoms with Gasteiger partial charge in [-0.2, -0.15) is 0 Å². The zero-order valence-corrected chi connectivity index (χ0v) is 11.1. The smallest absolute Gasteiger partial charge is 0.112 e. The highest BCUT2D eigenvalue weighted by Crippen LogP contribution is 2.21. The van der Waals surface area contributed by atoms with Crippen molar-refractivity contribution < 1.29 is 0 Å². The Morgan fingerprint density at radius 3 is 2.88 bits per heavy atom. The van der Waals surface area contributed by atoms with Crippen molar-refractivity contribution in [3.8, 4) is 0 Å². The Labute approximate surface area is 103 Å². The molecule has 0 spiro atoms. The van der Waals surface area contributed by atoms with Crippen LogP contribution in [-0.2, 0) is 5.54 Å². The first-order chi connectivity index (χ1) is 7.67. The molecule has 0 saturated heterocycles. The van der Waals surface area contributed by atoms with E-state index < -0.39 is 0 Å². The second-order valence-electron chi connectivity index (χ2n) is 4.53. The van der Waals surface area contributed by atoms with Gasteiger partial charge in [0.15, 0.2) is 0 Å². The van der Waals surface area contributed by atoms with Crippen LogP contribution in [0, 0.1) is 0 Å². The number of hydrogen-bond acceptors (Lipinski definition) is 3. The van der Waals surface area contributed by atoms with Gasteiger partial charge in [0.05, 0.1) is 5.54 Å². The van der Waals surface area contributed by atoms with Crippen molar-refractivity contribution in [2.45, 2.75) is 45.1 Å². The molecule has 1 aromatic rings. The first-order valence-electron chi connectivity index (χ1n) is 5.93. The van der Waals surface area contributed by atoms with Gasteiger partial charge in [0.2, 0.25) is 0 Å². The molecule has 0 aliphatic carbocycles. The van der Waals surface area contributed by atoms with E-state index >= 15 is 0 Å². The van der Waals surface area contributed by atoms with E-state index in [1.807, 2.05) is 17.7 Å². The average Bonchev–Trinajstić information content (AvgIpc) is 2.77.